The molecule has 38 heavy (non-hydrogen) atoms. The van der Waals surface area contributed by atoms with Gasteiger partial charge in [-0.15, -0.1) is 0 Å². The monoisotopic (exact) mass is 519 g/mol. The molecule has 1 aromatic rings. The van der Waals surface area contributed by atoms with Crippen LogP contribution in [0.2, 0.25) is 0 Å². The van der Waals surface area contributed by atoms with E-state index >= 15 is 0 Å². The molecule has 3 unspecified atom stereocenters. The van der Waals surface area contributed by atoms with Crippen molar-refractivity contribution in [1.82, 2.24) is 16.0 Å². The Morgan fingerprint density at radius 1 is 1.21 bits per heavy atom. The topological polar surface area (TPSA) is 147 Å². The summed E-state index contributed by atoms with van der Waals surface area (Å²) in [6.07, 6.45) is 8.31. The molecule has 10 heteroatoms. The number of nitrogens with zero attached hydrogens (tertiary/aromatic N) is 1. The molecule has 0 spiro atoms. The lowest BCUT2D eigenvalue weighted by atomic mass is 9.72. The SMILES string of the molecule is CN=C1NCCCC(CC(C)=CCC23OC2(C(=O)OC)C(=O)c2ccccc2C3=O)(C2=CCNC(N)=C2)N1. The summed E-state index contributed by atoms with van der Waals surface area (Å²) in [6, 6.07) is 6.50. The van der Waals surface area contributed by atoms with E-state index in [4.69, 9.17) is 15.2 Å². The number of carbonyl (C=O) groups excluding carboxylic acids is 3. The molecular weight excluding hydrogens is 486 g/mol. The van der Waals surface area contributed by atoms with Gasteiger partial charge in [0.25, 0.3) is 5.60 Å². The van der Waals surface area contributed by atoms with Gasteiger partial charge in [-0.25, -0.2) is 4.79 Å². The molecule has 0 radical (unpaired) electrons. The second kappa shape index (κ2) is 9.43. The van der Waals surface area contributed by atoms with E-state index in [-0.39, 0.29) is 23.3 Å². The van der Waals surface area contributed by atoms with E-state index in [0.29, 0.717) is 24.7 Å². The lowest BCUT2D eigenvalue weighted by Crippen LogP contribution is -2.52. The number of guanidine groups is 1. The number of ketones is 2. The van der Waals surface area contributed by atoms with Gasteiger partial charge in [-0.05, 0) is 37.8 Å². The number of hydrogen-bond donors (Lipinski definition) is 4. The van der Waals surface area contributed by atoms with Crippen LogP contribution in [0.4, 0.5) is 0 Å². The van der Waals surface area contributed by atoms with Gasteiger partial charge in [0.15, 0.2) is 17.3 Å². The molecule has 3 atom stereocenters. The molecule has 4 aliphatic rings. The third-order valence-electron chi connectivity index (χ3n) is 7.89. The summed E-state index contributed by atoms with van der Waals surface area (Å²) in [5.41, 5.74) is 4.51. The normalized spacial score (nSPS) is 31.4. The van der Waals surface area contributed by atoms with Crippen LogP contribution in [0.5, 0.6) is 0 Å². The average Bonchev–Trinajstić information content (AvgIpc) is 3.67. The Balaban J connectivity index is 1.49. The molecule has 2 saturated heterocycles. The van der Waals surface area contributed by atoms with Crippen molar-refractivity contribution in [3.63, 3.8) is 0 Å². The zero-order chi connectivity index (χ0) is 27.1. The summed E-state index contributed by atoms with van der Waals surface area (Å²) in [7, 11) is 2.92. The van der Waals surface area contributed by atoms with E-state index in [1.165, 1.54) is 7.11 Å². The van der Waals surface area contributed by atoms with Gasteiger partial charge in [0.1, 0.15) is 0 Å². The molecule has 200 valence electrons. The van der Waals surface area contributed by atoms with E-state index in [2.05, 4.69) is 27.0 Å². The Morgan fingerprint density at radius 2 is 1.95 bits per heavy atom. The minimum absolute atomic E-state index is 0.0640. The number of esters is 1. The maximum Gasteiger partial charge on any atom is 0.350 e. The summed E-state index contributed by atoms with van der Waals surface area (Å²) >= 11 is 0. The number of benzene rings is 1. The maximum atomic E-state index is 13.6. The number of rotatable bonds is 6. The Morgan fingerprint density at radius 3 is 2.63 bits per heavy atom. The highest BCUT2D eigenvalue weighted by Gasteiger charge is 2.85. The van der Waals surface area contributed by atoms with E-state index in [1.807, 2.05) is 19.1 Å². The fourth-order valence-electron chi connectivity index (χ4n) is 5.95. The first-order valence-electron chi connectivity index (χ1n) is 12.8. The summed E-state index contributed by atoms with van der Waals surface area (Å²) < 4.78 is 10.8. The number of hydrogen-bond acceptors (Lipinski definition) is 8. The van der Waals surface area contributed by atoms with Crippen LogP contribution in [-0.4, -0.2) is 67.5 Å². The number of aliphatic imine (C=N–C) groups is 1. The molecule has 1 aromatic carbocycles. The van der Waals surface area contributed by atoms with Crippen molar-refractivity contribution in [1.29, 1.82) is 0 Å². The van der Waals surface area contributed by atoms with Gasteiger partial charge >= 0.3 is 5.97 Å². The van der Waals surface area contributed by atoms with Crippen molar-refractivity contribution in [3.8, 4) is 0 Å². The van der Waals surface area contributed by atoms with Crippen molar-refractivity contribution in [3.05, 3.63) is 70.6 Å². The van der Waals surface area contributed by atoms with Gasteiger partial charge in [-0.2, -0.15) is 0 Å². The van der Waals surface area contributed by atoms with Crippen LogP contribution in [0.15, 0.2) is 64.5 Å². The predicted octanol–water partition coefficient (Wildman–Crippen LogP) is 1.50. The second-order valence-electron chi connectivity index (χ2n) is 10.2. The van der Waals surface area contributed by atoms with Crippen molar-refractivity contribution in [2.24, 2.45) is 10.7 Å². The second-order valence-corrected chi connectivity index (χ2v) is 10.2. The molecule has 5 rings (SSSR count). The third kappa shape index (κ3) is 3.82. The first-order valence-corrected chi connectivity index (χ1v) is 12.8. The van der Waals surface area contributed by atoms with Crippen LogP contribution in [-0.2, 0) is 14.3 Å². The lowest BCUT2D eigenvalue weighted by molar-refractivity contribution is -0.145. The molecule has 0 bridgehead atoms. The molecule has 2 fully saturated rings. The molecule has 0 amide bonds. The Bertz CT molecular complexity index is 1330. The van der Waals surface area contributed by atoms with Gasteiger partial charge < -0.3 is 31.2 Å². The highest BCUT2D eigenvalue weighted by molar-refractivity contribution is 6.32. The van der Waals surface area contributed by atoms with Gasteiger partial charge in [-0.3, -0.25) is 14.6 Å². The molecule has 5 N–H and O–H groups in total. The van der Waals surface area contributed by atoms with Crippen molar-refractivity contribution in [2.45, 2.75) is 49.3 Å². The highest BCUT2D eigenvalue weighted by Crippen LogP contribution is 2.58. The van der Waals surface area contributed by atoms with Crippen LogP contribution in [0.25, 0.3) is 0 Å². The summed E-state index contributed by atoms with van der Waals surface area (Å²) in [5.74, 6) is -0.488. The van der Waals surface area contributed by atoms with Crippen molar-refractivity contribution < 1.29 is 23.9 Å². The zero-order valence-corrected chi connectivity index (χ0v) is 21.8. The van der Waals surface area contributed by atoms with E-state index in [1.54, 1.807) is 31.3 Å². The zero-order valence-electron chi connectivity index (χ0n) is 21.8. The number of nitrogens with two attached hydrogens (primary N) is 1. The number of carbonyl (C=O) groups is 3. The molecule has 3 heterocycles. The summed E-state index contributed by atoms with van der Waals surface area (Å²) in [6.45, 7) is 3.37. The van der Waals surface area contributed by atoms with Crippen LogP contribution in [0.3, 0.4) is 0 Å². The first-order chi connectivity index (χ1) is 18.2. The van der Waals surface area contributed by atoms with Crippen molar-refractivity contribution in [2.75, 3.05) is 27.2 Å². The van der Waals surface area contributed by atoms with Crippen LogP contribution < -0.4 is 21.7 Å². The average molecular weight is 520 g/mol. The number of nitrogens with one attached hydrogen (secondary N) is 3. The molecule has 10 nitrogen and oxygen atoms in total. The minimum Gasteiger partial charge on any atom is -0.466 e. The van der Waals surface area contributed by atoms with Gasteiger partial charge in [0.2, 0.25) is 5.78 Å². The fourth-order valence-corrected chi connectivity index (χ4v) is 5.95. The standard InChI is InChI=1S/C28H33N5O5/c1-17(16-26(18-10-14-31-21(29)15-18)11-6-13-32-25(30-2)33-26)9-12-27-22(34)19-7-4-5-8-20(19)23(35)28(27,38-27)24(36)37-3/h4-5,7-10,15,31H,6,11-14,16,29H2,1-3H3,(H2,30,32,33). The Hall–Kier alpha value is -3.92. The number of dihydropyridines is 1. The predicted molar refractivity (Wildman–Crippen MR) is 141 cm³/mol. The molecule has 0 aromatic heterocycles. The van der Waals surface area contributed by atoms with Crippen LogP contribution >= 0.6 is 0 Å². The largest absolute Gasteiger partial charge is 0.466 e. The molecule has 3 aliphatic heterocycles. The Kier molecular flexibility index (Phi) is 6.38. The number of epoxide rings is 1. The van der Waals surface area contributed by atoms with Crippen molar-refractivity contribution >= 4 is 23.5 Å². The van der Waals surface area contributed by atoms with Gasteiger partial charge in [-0.1, -0.05) is 42.0 Å². The summed E-state index contributed by atoms with van der Waals surface area (Å²) in [4.78, 5) is 44.3. The van der Waals surface area contributed by atoms with E-state index in [9.17, 15) is 14.4 Å². The number of Topliss-reactive ketones (excluding diaryl/α,β-unsaturated/α-hetero) is 2. The van der Waals surface area contributed by atoms with E-state index in [0.717, 1.165) is 30.5 Å². The quantitative estimate of drug-likeness (QED) is 0.190. The molecule has 0 saturated carbocycles. The van der Waals surface area contributed by atoms with Crippen LogP contribution in [0.1, 0.15) is 53.3 Å². The number of methoxy groups -OCH3 is 1. The molecular formula is C28H33N5O5. The highest BCUT2D eigenvalue weighted by atomic mass is 16.7. The fraction of sp³-hybridized carbons (Fsp3) is 0.429. The number of ether oxygens (including phenoxy) is 2. The maximum absolute atomic E-state index is 13.6. The minimum atomic E-state index is -1.96. The number of fused-ring (bicyclic) bond motifs is 2. The Labute approximate surface area is 221 Å². The van der Waals surface area contributed by atoms with Gasteiger partial charge in [0, 0.05) is 37.7 Å². The summed E-state index contributed by atoms with van der Waals surface area (Å²) in [5, 5.41) is 10.0. The van der Waals surface area contributed by atoms with E-state index < -0.39 is 28.5 Å². The molecule has 1 aliphatic carbocycles. The first kappa shape index (κ1) is 25.7. The lowest BCUT2D eigenvalue weighted by Gasteiger charge is -2.37. The van der Waals surface area contributed by atoms with Gasteiger partial charge in [0.05, 0.1) is 18.5 Å². The smallest absolute Gasteiger partial charge is 0.350 e. The van der Waals surface area contributed by atoms with Crippen LogP contribution in [0, 0.1) is 0 Å². The third-order valence-corrected chi connectivity index (χ3v) is 7.89.